The third kappa shape index (κ3) is 5.30. The average molecular weight is 542 g/mol. The van der Waals surface area contributed by atoms with Gasteiger partial charge in [0.15, 0.2) is 0 Å². The van der Waals surface area contributed by atoms with E-state index in [-0.39, 0.29) is 30.2 Å². The molecule has 0 fully saturated rings. The van der Waals surface area contributed by atoms with Crippen LogP contribution in [-0.4, -0.2) is 25.0 Å². The zero-order valence-electron chi connectivity index (χ0n) is 21.7. The molecule has 0 saturated carbocycles. The number of ether oxygens (including phenoxy) is 2. The molecule has 8 heteroatoms. The number of benzene rings is 4. The number of nitrogens with one attached hydrogen (secondary N) is 1. The molecule has 6 rings (SSSR count). The van der Waals surface area contributed by atoms with Crippen LogP contribution in [0.3, 0.4) is 0 Å². The molecule has 5 nitrogen and oxygen atoms in total. The second-order valence-electron chi connectivity index (χ2n) is 9.78. The first-order valence-electron chi connectivity index (χ1n) is 13.0. The molecule has 2 heterocycles. The molecule has 0 spiro atoms. The average Bonchev–Trinajstić information content (AvgIpc) is 3.66. The van der Waals surface area contributed by atoms with E-state index in [9.17, 15) is 13.2 Å². The predicted molar refractivity (Wildman–Crippen MR) is 149 cm³/mol. The van der Waals surface area contributed by atoms with Crippen molar-refractivity contribution in [2.45, 2.75) is 25.2 Å². The predicted octanol–water partition coefficient (Wildman–Crippen LogP) is 7.79. The molecule has 40 heavy (non-hydrogen) atoms. The van der Waals surface area contributed by atoms with Gasteiger partial charge in [0.1, 0.15) is 25.3 Å². The van der Waals surface area contributed by atoms with Crippen LogP contribution in [0, 0.1) is 6.92 Å². The number of anilines is 2. The fraction of sp³-hybridized carbons (Fsp3) is 0.188. The number of nitrogens with zero attached hydrogens (tertiary/aromatic N) is 2. The van der Waals surface area contributed by atoms with Gasteiger partial charge < -0.3 is 14.8 Å². The Morgan fingerprint density at radius 3 is 1.70 bits per heavy atom. The number of rotatable bonds is 6. The van der Waals surface area contributed by atoms with Crippen LogP contribution in [0.25, 0.3) is 0 Å². The van der Waals surface area contributed by atoms with Gasteiger partial charge in [0.05, 0.1) is 28.1 Å². The maximum Gasteiger partial charge on any atom is 0.416 e. The Kier molecular flexibility index (Phi) is 6.76. The molecule has 0 radical (unpaired) electrons. The van der Waals surface area contributed by atoms with Crippen molar-refractivity contribution in [3.63, 3.8) is 0 Å². The van der Waals surface area contributed by atoms with Gasteiger partial charge in [0.2, 0.25) is 11.8 Å². The molecule has 0 saturated heterocycles. The minimum absolute atomic E-state index is 0.137. The van der Waals surface area contributed by atoms with Crippen molar-refractivity contribution in [1.29, 1.82) is 0 Å². The Labute approximate surface area is 230 Å². The molecule has 2 unspecified atom stereocenters. The maximum atomic E-state index is 13.7. The Morgan fingerprint density at radius 2 is 1.18 bits per heavy atom. The Morgan fingerprint density at radius 1 is 0.675 bits per heavy atom. The summed E-state index contributed by atoms with van der Waals surface area (Å²) in [4.78, 5) is 9.47. The lowest BCUT2D eigenvalue weighted by Crippen LogP contribution is -2.12. The zero-order valence-corrected chi connectivity index (χ0v) is 21.7. The largest absolute Gasteiger partial charge is 0.475 e. The zero-order chi connectivity index (χ0) is 27.7. The van der Waals surface area contributed by atoms with E-state index in [0.29, 0.717) is 23.9 Å². The van der Waals surface area contributed by atoms with Gasteiger partial charge in [-0.3, -0.25) is 0 Å². The molecule has 0 bridgehead atoms. The number of aryl methyl sites for hydroxylation is 1. The number of alkyl halides is 3. The second kappa shape index (κ2) is 10.5. The van der Waals surface area contributed by atoms with E-state index in [4.69, 9.17) is 14.5 Å². The van der Waals surface area contributed by atoms with Gasteiger partial charge in [-0.25, -0.2) is 9.98 Å². The molecular weight excluding hydrogens is 515 g/mol. The topological polar surface area (TPSA) is 55.2 Å². The highest BCUT2D eigenvalue weighted by Crippen LogP contribution is 2.36. The number of hydrogen-bond acceptors (Lipinski definition) is 5. The highest BCUT2D eigenvalue weighted by Gasteiger charge is 2.33. The molecule has 2 aliphatic heterocycles. The van der Waals surface area contributed by atoms with Crippen molar-refractivity contribution in [2.75, 3.05) is 18.5 Å². The van der Waals surface area contributed by atoms with E-state index in [1.807, 2.05) is 85.8 Å². The summed E-state index contributed by atoms with van der Waals surface area (Å²) in [5, 5.41) is 3.32. The summed E-state index contributed by atoms with van der Waals surface area (Å²) in [6.07, 6.45) is -4.51. The van der Waals surface area contributed by atoms with Gasteiger partial charge in [0.25, 0.3) is 0 Å². The molecule has 0 aliphatic carbocycles. The quantitative estimate of drug-likeness (QED) is 0.271. The molecule has 2 atom stereocenters. The highest BCUT2D eigenvalue weighted by molar-refractivity contribution is 6.04. The summed E-state index contributed by atoms with van der Waals surface area (Å²) in [6.45, 7) is 2.62. The van der Waals surface area contributed by atoms with Gasteiger partial charge in [0, 0.05) is 0 Å². The monoisotopic (exact) mass is 541 g/mol. The van der Waals surface area contributed by atoms with E-state index in [0.717, 1.165) is 34.4 Å². The number of hydrogen-bond donors (Lipinski definition) is 1. The molecule has 1 N–H and O–H groups in total. The van der Waals surface area contributed by atoms with Crippen LogP contribution in [-0.2, 0) is 15.7 Å². The lowest BCUT2D eigenvalue weighted by Gasteiger charge is -2.17. The lowest BCUT2D eigenvalue weighted by atomic mass is 10.1. The van der Waals surface area contributed by atoms with Crippen LogP contribution >= 0.6 is 0 Å². The van der Waals surface area contributed by atoms with Gasteiger partial charge in [-0.1, -0.05) is 72.3 Å². The first-order valence-corrected chi connectivity index (χ1v) is 13.0. The van der Waals surface area contributed by atoms with Crippen molar-refractivity contribution in [2.24, 2.45) is 9.98 Å². The van der Waals surface area contributed by atoms with Gasteiger partial charge in [-0.15, -0.1) is 0 Å². The summed E-state index contributed by atoms with van der Waals surface area (Å²) < 4.78 is 53.0. The minimum Gasteiger partial charge on any atom is -0.475 e. The summed E-state index contributed by atoms with van der Waals surface area (Å²) in [5.41, 5.74) is 4.24. The van der Waals surface area contributed by atoms with Crippen molar-refractivity contribution in [3.05, 3.63) is 130 Å². The third-order valence-electron chi connectivity index (χ3n) is 6.92. The minimum atomic E-state index is -4.51. The molecule has 0 aromatic heterocycles. The molecule has 202 valence electrons. The molecule has 4 aromatic carbocycles. The summed E-state index contributed by atoms with van der Waals surface area (Å²) in [6, 6.07) is 28.3. The van der Waals surface area contributed by atoms with Crippen LogP contribution < -0.4 is 5.32 Å². The Hall–Kier alpha value is -4.59. The first kappa shape index (κ1) is 25.7. The number of halogens is 3. The van der Waals surface area contributed by atoms with Crippen molar-refractivity contribution >= 4 is 23.2 Å². The fourth-order valence-corrected chi connectivity index (χ4v) is 4.83. The van der Waals surface area contributed by atoms with E-state index in [1.54, 1.807) is 0 Å². The smallest absolute Gasteiger partial charge is 0.416 e. The molecule has 2 aliphatic rings. The van der Waals surface area contributed by atoms with E-state index in [2.05, 4.69) is 10.3 Å². The SMILES string of the molecule is Cc1ccc(Nc2ccc(C(F)(F)F)cc2C2=NC(c3ccccc3)CO2)c(C2=NC(c3ccccc3)CO2)c1. The Bertz CT molecular complexity index is 1580. The fourth-order valence-electron chi connectivity index (χ4n) is 4.83. The van der Waals surface area contributed by atoms with Gasteiger partial charge >= 0.3 is 6.18 Å². The summed E-state index contributed by atoms with van der Waals surface area (Å²) in [7, 11) is 0. The van der Waals surface area contributed by atoms with Crippen molar-refractivity contribution < 1.29 is 22.6 Å². The van der Waals surface area contributed by atoms with Crippen molar-refractivity contribution in [1.82, 2.24) is 0 Å². The molecular formula is C32H26F3N3O2. The van der Waals surface area contributed by atoms with Crippen LogP contribution in [0.5, 0.6) is 0 Å². The van der Waals surface area contributed by atoms with Crippen LogP contribution in [0.2, 0.25) is 0 Å². The normalized spacial score (nSPS) is 18.5. The molecule has 0 amide bonds. The first-order chi connectivity index (χ1) is 19.3. The van der Waals surface area contributed by atoms with Gasteiger partial charge in [-0.05, 0) is 48.4 Å². The Balaban J connectivity index is 1.37. The van der Waals surface area contributed by atoms with Crippen molar-refractivity contribution in [3.8, 4) is 0 Å². The summed E-state index contributed by atoms with van der Waals surface area (Å²) in [5.74, 6) is 0.641. The van der Waals surface area contributed by atoms with Gasteiger partial charge in [-0.2, -0.15) is 13.2 Å². The second-order valence-corrected chi connectivity index (χ2v) is 9.78. The third-order valence-corrected chi connectivity index (χ3v) is 6.92. The standard InChI is InChI=1S/C32H26F3N3O2/c1-20-12-14-26(24(16-20)30-37-28(18-39-30)21-8-4-2-5-9-21)36-27-15-13-23(32(33,34)35)17-25(27)31-38-29(19-40-31)22-10-6-3-7-11-22/h2-17,28-29,36H,18-19H2,1H3. The van der Waals surface area contributed by atoms with Crippen LogP contribution in [0.4, 0.5) is 24.5 Å². The van der Waals surface area contributed by atoms with E-state index in [1.165, 1.54) is 6.07 Å². The highest BCUT2D eigenvalue weighted by atomic mass is 19.4. The lowest BCUT2D eigenvalue weighted by molar-refractivity contribution is -0.137. The molecule has 4 aromatic rings. The van der Waals surface area contributed by atoms with E-state index < -0.39 is 11.7 Å². The summed E-state index contributed by atoms with van der Waals surface area (Å²) >= 11 is 0. The number of aliphatic imine (C=N–C) groups is 2. The van der Waals surface area contributed by atoms with E-state index >= 15 is 0 Å². The van der Waals surface area contributed by atoms with Crippen LogP contribution in [0.15, 0.2) is 107 Å². The van der Waals surface area contributed by atoms with Crippen LogP contribution in [0.1, 0.15) is 45.5 Å². The maximum absolute atomic E-state index is 13.7.